The molecule has 2 nitrogen and oxygen atoms in total. The van der Waals surface area contributed by atoms with E-state index in [1.807, 2.05) is 4.90 Å². The molecule has 2 aliphatic rings. The Bertz CT molecular complexity index is 205. The summed E-state index contributed by atoms with van der Waals surface area (Å²) in [5, 5.41) is -0.348. The number of likely N-dealkylation sites (tertiary alicyclic amines) is 1. The fourth-order valence-corrected chi connectivity index (χ4v) is 2.80. The summed E-state index contributed by atoms with van der Waals surface area (Å²) in [5.74, 6) is 1.68. The fraction of sp³-hybridized carbons (Fsp3) is 0.900. The Morgan fingerprint density at radius 3 is 2.38 bits per heavy atom. The third-order valence-electron chi connectivity index (χ3n) is 3.38. The van der Waals surface area contributed by atoms with Crippen LogP contribution < -0.4 is 0 Å². The van der Waals surface area contributed by atoms with Gasteiger partial charge in [-0.15, -0.1) is 11.6 Å². The second-order valence-corrected chi connectivity index (χ2v) is 4.96. The molecule has 0 spiro atoms. The lowest BCUT2D eigenvalue weighted by molar-refractivity contribution is -0.129. The van der Waals surface area contributed by atoms with E-state index in [1.54, 1.807) is 6.92 Å². The molecule has 1 aliphatic heterocycles. The van der Waals surface area contributed by atoms with E-state index in [-0.39, 0.29) is 11.3 Å². The summed E-state index contributed by atoms with van der Waals surface area (Å²) >= 11 is 5.77. The minimum atomic E-state index is -0.348. The smallest absolute Gasteiger partial charge is 0.240 e. The Hall–Kier alpha value is -0.240. The summed E-state index contributed by atoms with van der Waals surface area (Å²) in [6, 6.07) is 0. The first-order chi connectivity index (χ1) is 6.18. The van der Waals surface area contributed by atoms with Crippen molar-refractivity contribution < 1.29 is 4.79 Å². The van der Waals surface area contributed by atoms with Gasteiger partial charge in [0, 0.05) is 13.1 Å². The number of nitrogens with zero attached hydrogens (tertiary/aromatic N) is 1. The van der Waals surface area contributed by atoms with Gasteiger partial charge in [-0.3, -0.25) is 4.79 Å². The van der Waals surface area contributed by atoms with Gasteiger partial charge in [-0.05, 0) is 31.6 Å². The summed E-state index contributed by atoms with van der Waals surface area (Å²) in [6.45, 7) is 3.68. The Kier molecular flexibility index (Phi) is 2.50. The largest absolute Gasteiger partial charge is 0.341 e. The van der Waals surface area contributed by atoms with Gasteiger partial charge in [-0.25, -0.2) is 0 Å². The molecule has 0 aromatic carbocycles. The van der Waals surface area contributed by atoms with E-state index in [0.717, 1.165) is 24.9 Å². The highest BCUT2D eigenvalue weighted by Crippen LogP contribution is 2.37. The number of hydrogen-bond donors (Lipinski definition) is 0. The van der Waals surface area contributed by atoms with Crippen LogP contribution in [0.25, 0.3) is 0 Å². The van der Waals surface area contributed by atoms with Gasteiger partial charge in [-0.2, -0.15) is 0 Å². The van der Waals surface area contributed by atoms with E-state index < -0.39 is 0 Å². The molecule has 13 heavy (non-hydrogen) atoms. The molecule has 0 aromatic heterocycles. The minimum absolute atomic E-state index is 0.121. The Balaban J connectivity index is 1.95. The highest BCUT2D eigenvalue weighted by Gasteiger charge is 2.38. The number of halogens is 1. The molecule has 1 aliphatic carbocycles. The first-order valence-corrected chi connectivity index (χ1v) is 5.55. The Morgan fingerprint density at radius 1 is 1.38 bits per heavy atom. The molecule has 1 saturated heterocycles. The maximum absolute atomic E-state index is 11.6. The van der Waals surface area contributed by atoms with Crippen molar-refractivity contribution in [3.05, 3.63) is 0 Å². The van der Waals surface area contributed by atoms with Gasteiger partial charge in [-0.1, -0.05) is 6.42 Å². The van der Waals surface area contributed by atoms with E-state index in [0.29, 0.717) is 0 Å². The van der Waals surface area contributed by atoms with Crippen molar-refractivity contribution >= 4 is 17.5 Å². The number of rotatable bonds is 1. The Labute approximate surface area is 84.2 Å². The van der Waals surface area contributed by atoms with Crippen LogP contribution >= 0.6 is 11.6 Å². The molecule has 1 amide bonds. The van der Waals surface area contributed by atoms with E-state index in [1.165, 1.54) is 19.3 Å². The second kappa shape index (κ2) is 3.49. The predicted octanol–water partition coefficient (Wildman–Crippen LogP) is 1.87. The van der Waals surface area contributed by atoms with Gasteiger partial charge in [0.25, 0.3) is 0 Å². The molecule has 74 valence electrons. The highest BCUT2D eigenvalue weighted by atomic mass is 35.5. The molecule has 0 bridgehead atoms. The molecule has 2 rings (SSSR count). The van der Waals surface area contributed by atoms with Crippen LogP contribution in [0, 0.1) is 11.8 Å². The lowest BCUT2D eigenvalue weighted by Gasteiger charge is -2.18. The number of fused-ring (bicyclic) bond motifs is 1. The number of carbonyl (C=O) groups is 1. The van der Waals surface area contributed by atoms with Crippen molar-refractivity contribution in [1.29, 1.82) is 0 Å². The molecular formula is C10H16ClNO. The van der Waals surface area contributed by atoms with Crippen LogP contribution in [-0.2, 0) is 4.79 Å². The predicted molar refractivity (Wildman–Crippen MR) is 52.7 cm³/mol. The lowest BCUT2D eigenvalue weighted by atomic mass is 10.0. The van der Waals surface area contributed by atoms with E-state index in [4.69, 9.17) is 11.6 Å². The molecular weight excluding hydrogens is 186 g/mol. The first-order valence-electron chi connectivity index (χ1n) is 5.11. The number of alkyl halides is 1. The van der Waals surface area contributed by atoms with Crippen LogP contribution in [0.2, 0.25) is 0 Å². The highest BCUT2D eigenvalue weighted by molar-refractivity contribution is 6.30. The van der Waals surface area contributed by atoms with Gasteiger partial charge in [0.2, 0.25) is 5.91 Å². The summed E-state index contributed by atoms with van der Waals surface area (Å²) in [7, 11) is 0. The minimum Gasteiger partial charge on any atom is -0.341 e. The normalized spacial score (nSPS) is 34.8. The maximum atomic E-state index is 11.6. The van der Waals surface area contributed by atoms with Gasteiger partial charge in [0.1, 0.15) is 5.38 Å². The number of carbonyl (C=O) groups excluding carboxylic acids is 1. The third kappa shape index (κ3) is 1.69. The molecule has 0 aromatic rings. The summed E-state index contributed by atoms with van der Waals surface area (Å²) in [6.07, 6.45) is 3.98. The van der Waals surface area contributed by atoms with Crippen LogP contribution in [0.15, 0.2) is 0 Å². The SMILES string of the molecule is CC(Cl)C(=O)N1CC2CCCC2C1. The topological polar surface area (TPSA) is 20.3 Å². The zero-order valence-corrected chi connectivity index (χ0v) is 8.76. The lowest BCUT2D eigenvalue weighted by Crippen LogP contribution is -2.34. The van der Waals surface area contributed by atoms with Crippen molar-refractivity contribution in [1.82, 2.24) is 4.90 Å². The van der Waals surface area contributed by atoms with Crippen molar-refractivity contribution in [2.45, 2.75) is 31.6 Å². The third-order valence-corrected chi connectivity index (χ3v) is 3.56. The van der Waals surface area contributed by atoms with E-state index >= 15 is 0 Å². The average Bonchev–Trinajstić information content (AvgIpc) is 2.59. The molecule has 3 atom stereocenters. The van der Waals surface area contributed by atoms with Crippen molar-refractivity contribution in [2.75, 3.05) is 13.1 Å². The zero-order valence-electron chi connectivity index (χ0n) is 8.00. The van der Waals surface area contributed by atoms with Gasteiger partial charge in [0.15, 0.2) is 0 Å². The maximum Gasteiger partial charge on any atom is 0.240 e. The van der Waals surface area contributed by atoms with Crippen LogP contribution in [0.4, 0.5) is 0 Å². The van der Waals surface area contributed by atoms with Gasteiger partial charge < -0.3 is 4.90 Å². The van der Waals surface area contributed by atoms with Crippen molar-refractivity contribution in [3.8, 4) is 0 Å². The quantitative estimate of drug-likeness (QED) is 0.594. The van der Waals surface area contributed by atoms with Crippen LogP contribution in [0.1, 0.15) is 26.2 Å². The van der Waals surface area contributed by atoms with E-state index in [2.05, 4.69) is 0 Å². The number of hydrogen-bond acceptors (Lipinski definition) is 1. The summed E-state index contributed by atoms with van der Waals surface area (Å²) < 4.78 is 0. The van der Waals surface area contributed by atoms with Crippen LogP contribution in [-0.4, -0.2) is 29.3 Å². The second-order valence-electron chi connectivity index (χ2n) is 4.31. The Morgan fingerprint density at radius 2 is 1.92 bits per heavy atom. The molecule has 2 fully saturated rings. The summed E-state index contributed by atoms with van der Waals surface area (Å²) in [5.41, 5.74) is 0. The summed E-state index contributed by atoms with van der Waals surface area (Å²) in [4.78, 5) is 13.5. The van der Waals surface area contributed by atoms with Crippen LogP contribution in [0.3, 0.4) is 0 Å². The average molecular weight is 202 g/mol. The van der Waals surface area contributed by atoms with Crippen molar-refractivity contribution in [3.63, 3.8) is 0 Å². The van der Waals surface area contributed by atoms with E-state index in [9.17, 15) is 4.79 Å². The van der Waals surface area contributed by atoms with Crippen LogP contribution in [0.5, 0.6) is 0 Å². The molecule has 3 unspecified atom stereocenters. The first kappa shape index (κ1) is 9.32. The zero-order chi connectivity index (χ0) is 9.42. The van der Waals surface area contributed by atoms with Gasteiger partial charge >= 0.3 is 0 Å². The van der Waals surface area contributed by atoms with Gasteiger partial charge in [0.05, 0.1) is 0 Å². The molecule has 1 heterocycles. The molecule has 1 saturated carbocycles. The molecule has 0 N–H and O–H groups in total. The monoisotopic (exact) mass is 201 g/mol. The molecule has 3 heteroatoms. The standard InChI is InChI=1S/C10H16ClNO/c1-7(11)10(13)12-5-8-3-2-4-9(8)6-12/h7-9H,2-6H2,1H3. The fourth-order valence-electron chi connectivity index (χ4n) is 2.67. The van der Waals surface area contributed by atoms with Crippen molar-refractivity contribution in [2.24, 2.45) is 11.8 Å². The molecule has 0 radical (unpaired) electrons. The number of amides is 1.